The zero-order valence-corrected chi connectivity index (χ0v) is 12.1. The molecule has 19 heavy (non-hydrogen) atoms. The monoisotopic (exact) mass is 262 g/mol. The molecule has 2 atom stereocenters. The number of hydrogen-bond acceptors (Lipinski definition) is 3. The first-order valence-electron chi connectivity index (χ1n) is 6.94. The van der Waals surface area contributed by atoms with Crippen LogP contribution in [0.3, 0.4) is 0 Å². The van der Waals surface area contributed by atoms with Crippen molar-refractivity contribution in [3.8, 4) is 0 Å². The Morgan fingerprint density at radius 2 is 2.21 bits per heavy atom. The van der Waals surface area contributed by atoms with Gasteiger partial charge in [-0.3, -0.25) is 9.48 Å². The molecule has 0 radical (unpaired) electrons. The van der Waals surface area contributed by atoms with Crippen LogP contribution in [0.25, 0.3) is 0 Å². The first-order valence-corrected chi connectivity index (χ1v) is 6.94. The highest BCUT2D eigenvalue weighted by Crippen LogP contribution is 2.41. The standard InChI is InChI=1S/C14H22N4O/c1-9-11(6-16-17(9)4)13(19)18-8-10-5-15-7-12(10)14(18,2)3/h6,10,12,15H,5,7-8H2,1-4H3. The van der Waals surface area contributed by atoms with E-state index in [-0.39, 0.29) is 11.4 Å². The lowest BCUT2D eigenvalue weighted by Crippen LogP contribution is -2.47. The topological polar surface area (TPSA) is 50.2 Å². The van der Waals surface area contributed by atoms with Gasteiger partial charge in [0, 0.05) is 37.9 Å². The molecule has 2 fully saturated rings. The predicted molar refractivity (Wildman–Crippen MR) is 72.9 cm³/mol. The van der Waals surface area contributed by atoms with Crippen LogP contribution in [0, 0.1) is 18.8 Å². The van der Waals surface area contributed by atoms with Gasteiger partial charge in [0.15, 0.2) is 0 Å². The van der Waals surface area contributed by atoms with Gasteiger partial charge in [0.05, 0.1) is 11.8 Å². The second-order valence-electron chi connectivity index (χ2n) is 6.36. The molecule has 2 unspecified atom stereocenters. The molecule has 0 aliphatic carbocycles. The average molecular weight is 262 g/mol. The third kappa shape index (κ3) is 1.71. The van der Waals surface area contributed by atoms with Crippen LogP contribution in [0.2, 0.25) is 0 Å². The van der Waals surface area contributed by atoms with E-state index in [4.69, 9.17) is 0 Å². The Kier molecular flexibility index (Phi) is 2.71. The maximum absolute atomic E-state index is 12.8. The molecule has 3 rings (SSSR count). The largest absolute Gasteiger partial charge is 0.333 e. The molecule has 104 valence electrons. The molecule has 0 aromatic carbocycles. The van der Waals surface area contributed by atoms with Gasteiger partial charge < -0.3 is 10.2 Å². The molecule has 0 saturated carbocycles. The highest BCUT2D eigenvalue weighted by molar-refractivity contribution is 5.95. The Labute approximate surface area is 114 Å². The van der Waals surface area contributed by atoms with Crippen LogP contribution in [0.1, 0.15) is 29.9 Å². The van der Waals surface area contributed by atoms with Crippen LogP contribution < -0.4 is 5.32 Å². The highest BCUT2D eigenvalue weighted by Gasteiger charge is 2.51. The number of carbonyl (C=O) groups is 1. The second-order valence-corrected chi connectivity index (χ2v) is 6.36. The molecule has 5 nitrogen and oxygen atoms in total. The van der Waals surface area contributed by atoms with E-state index >= 15 is 0 Å². The molecule has 2 aliphatic heterocycles. The first kappa shape index (κ1) is 12.7. The van der Waals surface area contributed by atoms with Crippen molar-refractivity contribution in [1.82, 2.24) is 20.0 Å². The van der Waals surface area contributed by atoms with Crippen molar-refractivity contribution in [2.24, 2.45) is 18.9 Å². The molecule has 1 N–H and O–H groups in total. The summed E-state index contributed by atoms with van der Waals surface area (Å²) in [5, 5.41) is 7.63. The van der Waals surface area contributed by atoms with E-state index in [0.29, 0.717) is 11.8 Å². The lowest BCUT2D eigenvalue weighted by atomic mass is 9.84. The summed E-state index contributed by atoms with van der Waals surface area (Å²) in [5.41, 5.74) is 1.60. The molecule has 1 aromatic heterocycles. The fourth-order valence-corrected chi connectivity index (χ4v) is 3.62. The van der Waals surface area contributed by atoms with E-state index in [0.717, 1.165) is 30.9 Å². The summed E-state index contributed by atoms with van der Waals surface area (Å²) in [6, 6.07) is 0. The van der Waals surface area contributed by atoms with Crippen molar-refractivity contribution >= 4 is 5.91 Å². The summed E-state index contributed by atoms with van der Waals surface area (Å²) in [6.07, 6.45) is 1.69. The third-order valence-electron chi connectivity index (χ3n) is 5.07. The van der Waals surface area contributed by atoms with Crippen LogP contribution in [0.5, 0.6) is 0 Å². The Balaban J connectivity index is 1.91. The number of hydrogen-bond donors (Lipinski definition) is 1. The Morgan fingerprint density at radius 3 is 2.79 bits per heavy atom. The maximum Gasteiger partial charge on any atom is 0.257 e. The van der Waals surface area contributed by atoms with Crippen molar-refractivity contribution in [1.29, 1.82) is 0 Å². The van der Waals surface area contributed by atoms with E-state index in [1.54, 1.807) is 10.9 Å². The van der Waals surface area contributed by atoms with Gasteiger partial charge in [-0.15, -0.1) is 0 Å². The normalized spacial score (nSPS) is 28.7. The van der Waals surface area contributed by atoms with Crippen LogP contribution >= 0.6 is 0 Å². The van der Waals surface area contributed by atoms with Crippen LogP contribution in [0.4, 0.5) is 0 Å². The molecule has 5 heteroatoms. The van der Waals surface area contributed by atoms with E-state index < -0.39 is 0 Å². The number of nitrogens with zero attached hydrogens (tertiary/aromatic N) is 3. The van der Waals surface area contributed by atoms with Crippen molar-refractivity contribution in [2.75, 3.05) is 19.6 Å². The molecular formula is C14H22N4O. The number of fused-ring (bicyclic) bond motifs is 1. The fourth-order valence-electron chi connectivity index (χ4n) is 3.62. The minimum Gasteiger partial charge on any atom is -0.333 e. The predicted octanol–water partition coefficient (Wildman–Crippen LogP) is 0.799. The van der Waals surface area contributed by atoms with Gasteiger partial charge in [-0.05, 0) is 32.6 Å². The number of rotatable bonds is 1. The summed E-state index contributed by atoms with van der Waals surface area (Å²) >= 11 is 0. The van der Waals surface area contributed by atoms with E-state index in [2.05, 4.69) is 24.3 Å². The molecule has 3 heterocycles. The molecule has 0 spiro atoms. The lowest BCUT2D eigenvalue weighted by molar-refractivity contribution is 0.0602. The summed E-state index contributed by atoms with van der Waals surface area (Å²) in [4.78, 5) is 14.8. The molecule has 2 saturated heterocycles. The fraction of sp³-hybridized carbons (Fsp3) is 0.714. The molecular weight excluding hydrogens is 240 g/mol. The average Bonchev–Trinajstić information content (AvgIpc) is 2.99. The summed E-state index contributed by atoms with van der Waals surface area (Å²) in [6.45, 7) is 9.24. The van der Waals surface area contributed by atoms with Crippen molar-refractivity contribution in [3.63, 3.8) is 0 Å². The Morgan fingerprint density at radius 1 is 1.47 bits per heavy atom. The van der Waals surface area contributed by atoms with Gasteiger partial charge in [-0.25, -0.2) is 0 Å². The minimum atomic E-state index is -0.0759. The number of aryl methyl sites for hydroxylation is 1. The first-order chi connectivity index (χ1) is 8.93. The molecule has 1 amide bonds. The van der Waals surface area contributed by atoms with Crippen LogP contribution in [-0.4, -0.2) is 45.8 Å². The van der Waals surface area contributed by atoms with E-state index in [1.807, 2.05) is 18.9 Å². The van der Waals surface area contributed by atoms with E-state index in [1.165, 1.54) is 0 Å². The highest BCUT2D eigenvalue weighted by atomic mass is 16.2. The minimum absolute atomic E-state index is 0.0759. The number of likely N-dealkylation sites (tertiary alicyclic amines) is 1. The van der Waals surface area contributed by atoms with Gasteiger partial charge in [0.1, 0.15) is 0 Å². The van der Waals surface area contributed by atoms with Crippen molar-refractivity contribution < 1.29 is 4.79 Å². The lowest BCUT2D eigenvalue weighted by Gasteiger charge is -2.35. The SMILES string of the molecule is Cc1c(C(=O)N2CC3CNCC3C2(C)C)cnn1C. The quantitative estimate of drug-likeness (QED) is 0.814. The second kappa shape index (κ2) is 4.07. The van der Waals surface area contributed by atoms with Gasteiger partial charge >= 0.3 is 0 Å². The Hall–Kier alpha value is -1.36. The number of nitrogens with one attached hydrogen (secondary N) is 1. The summed E-state index contributed by atoms with van der Waals surface area (Å²) in [5.74, 6) is 1.29. The maximum atomic E-state index is 12.8. The van der Waals surface area contributed by atoms with Crippen molar-refractivity contribution in [2.45, 2.75) is 26.3 Å². The Bertz CT molecular complexity index is 520. The van der Waals surface area contributed by atoms with Gasteiger partial charge in [-0.2, -0.15) is 5.10 Å². The smallest absolute Gasteiger partial charge is 0.257 e. The van der Waals surface area contributed by atoms with Gasteiger partial charge in [-0.1, -0.05) is 0 Å². The van der Waals surface area contributed by atoms with Crippen molar-refractivity contribution in [3.05, 3.63) is 17.5 Å². The number of amides is 1. The van der Waals surface area contributed by atoms with Crippen LogP contribution in [-0.2, 0) is 7.05 Å². The summed E-state index contributed by atoms with van der Waals surface area (Å²) < 4.78 is 1.76. The van der Waals surface area contributed by atoms with Gasteiger partial charge in [0.25, 0.3) is 5.91 Å². The molecule has 1 aromatic rings. The summed E-state index contributed by atoms with van der Waals surface area (Å²) in [7, 11) is 1.87. The van der Waals surface area contributed by atoms with Gasteiger partial charge in [0.2, 0.25) is 0 Å². The van der Waals surface area contributed by atoms with Crippen LogP contribution in [0.15, 0.2) is 6.20 Å². The zero-order chi connectivity index (χ0) is 13.8. The van der Waals surface area contributed by atoms with E-state index in [9.17, 15) is 4.79 Å². The molecule has 2 aliphatic rings. The number of aromatic nitrogens is 2. The number of carbonyl (C=O) groups excluding carboxylic acids is 1. The third-order valence-corrected chi connectivity index (χ3v) is 5.07. The zero-order valence-electron chi connectivity index (χ0n) is 12.1. The molecule has 0 bridgehead atoms.